The molecule has 0 N–H and O–H groups in total. The van der Waals surface area contributed by atoms with E-state index in [-0.39, 0.29) is 24.3 Å². The van der Waals surface area contributed by atoms with Gasteiger partial charge in [0.2, 0.25) is 11.8 Å². The number of amides is 2. The van der Waals surface area contributed by atoms with Crippen molar-refractivity contribution in [2.75, 3.05) is 44.9 Å². The Labute approximate surface area is 188 Å². The summed E-state index contributed by atoms with van der Waals surface area (Å²) in [4.78, 5) is 42.3. The Kier molecular flexibility index (Phi) is 7.92. The number of methoxy groups -OCH3 is 1. The quantitative estimate of drug-likeness (QED) is 0.429. The van der Waals surface area contributed by atoms with E-state index in [2.05, 4.69) is 29.5 Å². The van der Waals surface area contributed by atoms with E-state index in [1.54, 1.807) is 11.0 Å². The van der Waals surface area contributed by atoms with Gasteiger partial charge in [-0.3, -0.25) is 9.59 Å². The number of rotatable bonds is 5. The molecule has 2 fully saturated rings. The average molecular weight is 534 g/mol. The largest absolute Gasteiger partial charge is 0.465 e. The maximum Gasteiger partial charge on any atom is 0.350 e. The van der Waals surface area contributed by atoms with Crippen LogP contribution in [-0.4, -0.2) is 62.6 Å². The summed E-state index contributed by atoms with van der Waals surface area (Å²) in [6.45, 7) is 4.19. The van der Waals surface area contributed by atoms with Gasteiger partial charge in [0.15, 0.2) is 0 Å². The first-order chi connectivity index (χ1) is 13.9. The van der Waals surface area contributed by atoms with Crippen molar-refractivity contribution in [3.05, 3.63) is 13.8 Å². The molecule has 1 aliphatic heterocycles. The summed E-state index contributed by atoms with van der Waals surface area (Å²) >= 11 is 3.40. The van der Waals surface area contributed by atoms with Crippen molar-refractivity contribution in [3.63, 3.8) is 0 Å². The van der Waals surface area contributed by atoms with Crippen LogP contribution >= 0.6 is 33.9 Å². The van der Waals surface area contributed by atoms with Gasteiger partial charge >= 0.3 is 5.97 Å². The Balaban J connectivity index is 1.88. The number of hydrogen-bond donors (Lipinski definition) is 0. The van der Waals surface area contributed by atoms with Crippen LogP contribution in [0.5, 0.6) is 0 Å². The minimum absolute atomic E-state index is 0.0678. The minimum Gasteiger partial charge on any atom is -0.465 e. The van der Waals surface area contributed by atoms with Gasteiger partial charge in [-0.1, -0.05) is 6.92 Å². The highest BCUT2D eigenvalue weighted by Crippen LogP contribution is 2.36. The standard InChI is InChI=1S/C20H27IN2O5S/c1-13-3-5-14(6-4-13)19(25)23(12-17(24)22-7-9-28-10-8-22)15-11-16(21)29-18(15)20(26)27-2/h11,13-14H,3-10,12H2,1-2H3. The Hall–Kier alpha value is -1.20. The molecule has 1 aromatic heterocycles. The van der Waals surface area contributed by atoms with Crippen LogP contribution in [0, 0.1) is 14.7 Å². The third-order valence-corrected chi connectivity index (χ3v) is 7.50. The lowest BCUT2D eigenvalue weighted by Gasteiger charge is -2.33. The summed E-state index contributed by atoms with van der Waals surface area (Å²) in [5, 5.41) is 0. The van der Waals surface area contributed by atoms with E-state index < -0.39 is 5.97 Å². The van der Waals surface area contributed by atoms with Crippen molar-refractivity contribution >= 4 is 57.4 Å². The van der Waals surface area contributed by atoms with Gasteiger partial charge in [-0.15, -0.1) is 11.3 Å². The van der Waals surface area contributed by atoms with E-state index in [1.165, 1.54) is 23.3 Å². The van der Waals surface area contributed by atoms with Crippen LogP contribution < -0.4 is 4.90 Å². The van der Waals surface area contributed by atoms with Crippen LogP contribution in [0.3, 0.4) is 0 Å². The van der Waals surface area contributed by atoms with Gasteiger partial charge in [-0.2, -0.15) is 0 Å². The number of esters is 1. The molecule has 1 saturated heterocycles. The zero-order chi connectivity index (χ0) is 21.0. The number of thiophene rings is 1. The molecule has 1 aromatic rings. The van der Waals surface area contributed by atoms with Crippen LogP contribution in [0.4, 0.5) is 5.69 Å². The molecule has 2 aliphatic rings. The summed E-state index contributed by atoms with van der Waals surface area (Å²) in [6.07, 6.45) is 3.65. The molecule has 7 nitrogen and oxygen atoms in total. The highest BCUT2D eigenvalue weighted by molar-refractivity contribution is 14.1. The Morgan fingerprint density at radius 2 is 1.90 bits per heavy atom. The number of nitrogens with zero attached hydrogens (tertiary/aromatic N) is 2. The Morgan fingerprint density at radius 3 is 2.52 bits per heavy atom. The molecule has 9 heteroatoms. The first-order valence-electron chi connectivity index (χ1n) is 9.95. The molecule has 0 bridgehead atoms. The zero-order valence-electron chi connectivity index (χ0n) is 16.8. The number of carbonyl (C=O) groups is 3. The van der Waals surface area contributed by atoms with Crippen LogP contribution in [0.15, 0.2) is 6.07 Å². The van der Waals surface area contributed by atoms with Gasteiger partial charge in [0.1, 0.15) is 11.4 Å². The fourth-order valence-electron chi connectivity index (χ4n) is 3.85. The third-order valence-electron chi connectivity index (χ3n) is 5.63. The Bertz CT molecular complexity index is 754. The van der Waals surface area contributed by atoms with Gasteiger partial charge in [0, 0.05) is 19.0 Å². The smallest absolute Gasteiger partial charge is 0.350 e. The molecule has 0 unspecified atom stereocenters. The predicted molar refractivity (Wildman–Crippen MR) is 119 cm³/mol. The van der Waals surface area contributed by atoms with Crippen molar-refractivity contribution in [2.45, 2.75) is 32.6 Å². The van der Waals surface area contributed by atoms with E-state index in [0.29, 0.717) is 42.8 Å². The first kappa shape index (κ1) is 22.5. The molecular formula is C20H27IN2O5S. The zero-order valence-corrected chi connectivity index (χ0v) is 19.8. The second-order valence-corrected chi connectivity index (χ2v) is 10.6. The number of halogens is 1. The molecule has 0 radical (unpaired) electrons. The van der Waals surface area contributed by atoms with Crippen molar-refractivity contribution < 1.29 is 23.9 Å². The Morgan fingerprint density at radius 1 is 1.24 bits per heavy atom. The van der Waals surface area contributed by atoms with Crippen LogP contribution in [0.25, 0.3) is 0 Å². The summed E-state index contributed by atoms with van der Waals surface area (Å²) in [6, 6.07) is 1.80. The van der Waals surface area contributed by atoms with Gasteiger partial charge in [-0.05, 0) is 60.3 Å². The van der Waals surface area contributed by atoms with Gasteiger partial charge in [-0.25, -0.2) is 4.79 Å². The second-order valence-electron chi connectivity index (χ2n) is 7.63. The fraction of sp³-hybridized carbons (Fsp3) is 0.650. The number of hydrogen-bond acceptors (Lipinski definition) is 6. The van der Waals surface area contributed by atoms with Gasteiger partial charge in [0.25, 0.3) is 0 Å². The van der Waals surface area contributed by atoms with Gasteiger partial charge in [0.05, 0.1) is 28.9 Å². The topological polar surface area (TPSA) is 76.2 Å². The highest BCUT2D eigenvalue weighted by Gasteiger charge is 2.34. The van der Waals surface area contributed by atoms with Crippen molar-refractivity contribution in [1.29, 1.82) is 0 Å². The normalized spacial score (nSPS) is 22.2. The summed E-state index contributed by atoms with van der Waals surface area (Å²) in [5.41, 5.74) is 0.483. The lowest BCUT2D eigenvalue weighted by Crippen LogP contribution is -2.49. The SMILES string of the molecule is COC(=O)c1sc(I)cc1N(CC(=O)N1CCOCC1)C(=O)C1CCC(C)CC1. The first-order valence-corrected chi connectivity index (χ1v) is 11.8. The molecule has 1 aliphatic carbocycles. The van der Waals surface area contributed by atoms with Crippen LogP contribution in [0.2, 0.25) is 0 Å². The van der Waals surface area contributed by atoms with E-state index in [0.717, 1.165) is 28.6 Å². The molecule has 0 atom stereocenters. The highest BCUT2D eigenvalue weighted by atomic mass is 127. The number of carbonyl (C=O) groups excluding carboxylic acids is 3. The molecule has 160 valence electrons. The molecule has 2 amide bonds. The number of anilines is 1. The number of ether oxygens (including phenoxy) is 2. The lowest BCUT2D eigenvalue weighted by molar-refractivity contribution is -0.135. The second kappa shape index (κ2) is 10.2. The molecule has 3 rings (SSSR count). The third kappa shape index (κ3) is 5.49. The maximum atomic E-state index is 13.5. The molecule has 0 spiro atoms. The maximum absolute atomic E-state index is 13.5. The molecule has 2 heterocycles. The molecule has 0 aromatic carbocycles. The average Bonchev–Trinajstić information content (AvgIpc) is 3.13. The van der Waals surface area contributed by atoms with E-state index in [1.807, 2.05) is 0 Å². The van der Waals surface area contributed by atoms with Crippen molar-refractivity contribution in [3.8, 4) is 0 Å². The van der Waals surface area contributed by atoms with Crippen molar-refractivity contribution in [1.82, 2.24) is 4.90 Å². The number of morpholine rings is 1. The van der Waals surface area contributed by atoms with E-state index >= 15 is 0 Å². The van der Waals surface area contributed by atoms with Crippen LogP contribution in [0.1, 0.15) is 42.3 Å². The summed E-state index contributed by atoms with van der Waals surface area (Å²) in [5.74, 6) is -0.176. The summed E-state index contributed by atoms with van der Waals surface area (Å²) in [7, 11) is 1.33. The molecular weight excluding hydrogens is 507 g/mol. The lowest BCUT2D eigenvalue weighted by atomic mass is 9.82. The summed E-state index contributed by atoms with van der Waals surface area (Å²) < 4.78 is 11.1. The van der Waals surface area contributed by atoms with Gasteiger partial charge < -0.3 is 19.3 Å². The predicted octanol–water partition coefficient (Wildman–Crippen LogP) is 3.16. The van der Waals surface area contributed by atoms with Crippen molar-refractivity contribution in [2.24, 2.45) is 11.8 Å². The molecule has 1 saturated carbocycles. The minimum atomic E-state index is -0.484. The molecule has 29 heavy (non-hydrogen) atoms. The van der Waals surface area contributed by atoms with E-state index in [9.17, 15) is 14.4 Å². The fourth-order valence-corrected chi connectivity index (χ4v) is 5.61. The monoisotopic (exact) mass is 534 g/mol. The van der Waals surface area contributed by atoms with Crippen LogP contribution in [-0.2, 0) is 19.1 Å². The van der Waals surface area contributed by atoms with E-state index in [4.69, 9.17) is 9.47 Å².